The van der Waals surface area contributed by atoms with E-state index in [1.807, 2.05) is 13.8 Å². The van der Waals surface area contributed by atoms with E-state index in [4.69, 9.17) is 0 Å². The molecule has 0 aliphatic carbocycles. The van der Waals surface area contributed by atoms with Crippen molar-refractivity contribution in [1.29, 1.82) is 0 Å². The number of thiophene rings is 1. The van der Waals surface area contributed by atoms with Crippen LogP contribution in [0.5, 0.6) is 0 Å². The summed E-state index contributed by atoms with van der Waals surface area (Å²) in [5.41, 5.74) is -0.115. The molecule has 5 heteroatoms. The van der Waals surface area contributed by atoms with Gasteiger partial charge in [-0.15, -0.1) is 11.3 Å². The van der Waals surface area contributed by atoms with Gasteiger partial charge in [-0.25, -0.2) is 4.98 Å². The fraction of sp³-hybridized carbons (Fsp3) is 0.429. The normalized spacial score (nSPS) is 12.7. The Labute approximate surface area is 116 Å². The molecule has 0 fully saturated rings. The fourth-order valence-corrected chi connectivity index (χ4v) is 2.68. The van der Waals surface area contributed by atoms with Crippen LogP contribution < -0.4 is 10.9 Å². The van der Waals surface area contributed by atoms with Crippen LogP contribution in [-0.2, 0) is 0 Å². The van der Waals surface area contributed by atoms with Crippen LogP contribution in [0, 0.1) is 6.92 Å². The van der Waals surface area contributed by atoms with E-state index < -0.39 is 0 Å². The molecule has 2 aromatic heterocycles. The highest BCUT2D eigenvalue weighted by molar-refractivity contribution is 7.12. The molecule has 1 unspecified atom stereocenters. The van der Waals surface area contributed by atoms with Gasteiger partial charge in [0, 0.05) is 21.7 Å². The van der Waals surface area contributed by atoms with Crippen LogP contribution in [0.4, 0.5) is 5.82 Å². The van der Waals surface area contributed by atoms with Crippen LogP contribution in [0.1, 0.15) is 48.3 Å². The third-order valence-electron chi connectivity index (χ3n) is 2.86. The van der Waals surface area contributed by atoms with Crippen LogP contribution in [0.3, 0.4) is 0 Å². The highest BCUT2D eigenvalue weighted by Gasteiger charge is 2.10. The van der Waals surface area contributed by atoms with Gasteiger partial charge in [0.25, 0.3) is 5.56 Å². The average molecular weight is 277 g/mol. The monoisotopic (exact) mass is 277 g/mol. The van der Waals surface area contributed by atoms with Gasteiger partial charge in [0.1, 0.15) is 11.6 Å². The Morgan fingerprint density at radius 1 is 1.32 bits per heavy atom. The van der Waals surface area contributed by atoms with Crippen molar-refractivity contribution in [3.63, 3.8) is 0 Å². The Kier molecular flexibility index (Phi) is 4.04. The Hall–Kier alpha value is -1.62. The molecule has 0 spiro atoms. The largest absolute Gasteiger partial charge is 0.363 e. The molecule has 0 amide bonds. The van der Waals surface area contributed by atoms with Gasteiger partial charge in [-0.2, -0.15) is 0 Å². The van der Waals surface area contributed by atoms with Gasteiger partial charge in [0.2, 0.25) is 0 Å². The summed E-state index contributed by atoms with van der Waals surface area (Å²) in [4.78, 5) is 21.3. The number of nitrogens with zero attached hydrogens (tertiary/aromatic N) is 1. The molecule has 2 rings (SSSR count). The van der Waals surface area contributed by atoms with E-state index in [9.17, 15) is 4.79 Å². The number of hydrogen-bond acceptors (Lipinski definition) is 4. The lowest BCUT2D eigenvalue weighted by Gasteiger charge is -2.14. The topological polar surface area (TPSA) is 57.8 Å². The number of hydrogen-bond donors (Lipinski definition) is 2. The lowest BCUT2D eigenvalue weighted by Crippen LogP contribution is -2.15. The summed E-state index contributed by atoms with van der Waals surface area (Å²) in [7, 11) is 0. The van der Waals surface area contributed by atoms with E-state index in [2.05, 4.69) is 41.3 Å². The first-order valence-electron chi connectivity index (χ1n) is 6.40. The molecule has 0 aromatic carbocycles. The third kappa shape index (κ3) is 3.44. The molecule has 0 aliphatic heterocycles. The second-order valence-corrected chi connectivity index (χ2v) is 6.30. The fourth-order valence-electron chi connectivity index (χ4n) is 1.80. The average Bonchev–Trinajstić information content (AvgIpc) is 2.75. The highest BCUT2D eigenvalue weighted by atomic mass is 32.1. The summed E-state index contributed by atoms with van der Waals surface area (Å²) >= 11 is 1.75. The number of aromatic amines is 1. The maximum Gasteiger partial charge on any atom is 0.252 e. The number of nitrogens with one attached hydrogen (secondary N) is 2. The minimum Gasteiger partial charge on any atom is -0.363 e. The summed E-state index contributed by atoms with van der Waals surface area (Å²) in [5.74, 6) is 1.55. The second-order valence-electron chi connectivity index (χ2n) is 4.99. The first-order chi connectivity index (χ1) is 8.95. The molecule has 2 heterocycles. The molecule has 102 valence electrons. The number of H-pyrrole nitrogens is 1. The zero-order valence-corrected chi connectivity index (χ0v) is 12.5. The van der Waals surface area contributed by atoms with Crippen molar-refractivity contribution in [2.45, 2.75) is 39.7 Å². The Balaban J connectivity index is 2.21. The second kappa shape index (κ2) is 5.57. The summed E-state index contributed by atoms with van der Waals surface area (Å²) in [6.07, 6.45) is 0. The van der Waals surface area contributed by atoms with Crippen LogP contribution in [0.2, 0.25) is 0 Å². The van der Waals surface area contributed by atoms with Crippen molar-refractivity contribution < 1.29 is 0 Å². The Morgan fingerprint density at radius 3 is 2.63 bits per heavy atom. The van der Waals surface area contributed by atoms with Crippen molar-refractivity contribution in [2.75, 3.05) is 5.32 Å². The molecule has 2 aromatic rings. The quantitative estimate of drug-likeness (QED) is 0.900. The van der Waals surface area contributed by atoms with Gasteiger partial charge in [-0.3, -0.25) is 4.79 Å². The molecule has 19 heavy (non-hydrogen) atoms. The molecule has 4 nitrogen and oxygen atoms in total. The lowest BCUT2D eigenvalue weighted by molar-refractivity contribution is 0.762. The predicted molar refractivity (Wildman–Crippen MR) is 80.0 cm³/mol. The number of anilines is 1. The van der Waals surface area contributed by atoms with Crippen LogP contribution in [0.15, 0.2) is 23.0 Å². The first-order valence-corrected chi connectivity index (χ1v) is 7.21. The van der Waals surface area contributed by atoms with Crippen molar-refractivity contribution >= 4 is 17.2 Å². The molecular weight excluding hydrogens is 258 g/mol. The number of aryl methyl sites for hydroxylation is 1. The van der Waals surface area contributed by atoms with Gasteiger partial charge < -0.3 is 10.3 Å². The molecular formula is C14H19N3OS. The third-order valence-corrected chi connectivity index (χ3v) is 4.04. The number of rotatable bonds is 4. The van der Waals surface area contributed by atoms with Crippen LogP contribution >= 0.6 is 11.3 Å². The minimum absolute atomic E-state index is 0.115. The van der Waals surface area contributed by atoms with E-state index in [-0.39, 0.29) is 17.5 Å². The molecule has 0 saturated carbocycles. The molecule has 0 saturated heterocycles. The summed E-state index contributed by atoms with van der Waals surface area (Å²) < 4.78 is 0. The van der Waals surface area contributed by atoms with Gasteiger partial charge in [-0.05, 0) is 26.0 Å². The smallest absolute Gasteiger partial charge is 0.252 e. The summed E-state index contributed by atoms with van der Waals surface area (Å²) in [5, 5.41) is 3.29. The van der Waals surface area contributed by atoms with E-state index in [0.29, 0.717) is 11.6 Å². The van der Waals surface area contributed by atoms with Gasteiger partial charge in [0.05, 0.1) is 6.04 Å². The predicted octanol–water partition coefficient (Wildman–Crippen LogP) is 3.44. The van der Waals surface area contributed by atoms with E-state index in [1.165, 1.54) is 15.8 Å². The van der Waals surface area contributed by atoms with Gasteiger partial charge in [-0.1, -0.05) is 13.8 Å². The zero-order chi connectivity index (χ0) is 14.0. The van der Waals surface area contributed by atoms with E-state index in [0.717, 1.165) is 0 Å². The number of aromatic nitrogens is 2. The van der Waals surface area contributed by atoms with E-state index >= 15 is 0 Å². The maximum absolute atomic E-state index is 11.6. The molecule has 1 atom stereocenters. The standard InChI is InChI=1S/C14H19N3OS/c1-8(2)14-16-12(7-13(18)17-14)15-10(4)11-6-5-9(3)19-11/h5-8,10H,1-4H3,(H2,15,16,17,18). The molecule has 0 bridgehead atoms. The van der Waals surface area contributed by atoms with Crippen LogP contribution in [0.25, 0.3) is 0 Å². The summed E-state index contributed by atoms with van der Waals surface area (Å²) in [6.45, 7) is 8.18. The SMILES string of the molecule is Cc1ccc(C(C)Nc2cc(=O)[nH]c(C(C)C)n2)s1. The summed E-state index contributed by atoms with van der Waals surface area (Å²) in [6, 6.07) is 5.85. The van der Waals surface area contributed by atoms with Crippen molar-refractivity contribution in [1.82, 2.24) is 9.97 Å². The zero-order valence-electron chi connectivity index (χ0n) is 11.7. The van der Waals surface area contributed by atoms with Crippen LogP contribution in [-0.4, -0.2) is 9.97 Å². The van der Waals surface area contributed by atoms with Gasteiger partial charge in [0.15, 0.2) is 0 Å². The highest BCUT2D eigenvalue weighted by Crippen LogP contribution is 2.25. The molecule has 2 N–H and O–H groups in total. The Bertz CT molecular complexity index is 615. The minimum atomic E-state index is -0.115. The Morgan fingerprint density at radius 2 is 2.05 bits per heavy atom. The molecule has 0 radical (unpaired) electrons. The van der Waals surface area contributed by atoms with Crippen molar-refractivity contribution in [3.8, 4) is 0 Å². The maximum atomic E-state index is 11.6. The lowest BCUT2D eigenvalue weighted by atomic mass is 10.2. The van der Waals surface area contributed by atoms with E-state index in [1.54, 1.807) is 11.3 Å². The van der Waals surface area contributed by atoms with Gasteiger partial charge >= 0.3 is 0 Å². The first kappa shape index (κ1) is 13.8. The van der Waals surface area contributed by atoms with Crippen molar-refractivity contribution in [3.05, 3.63) is 44.1 Å². The van der Waals surface area contributed by atoms with Crippen molar-refractivity contribution in [2.24, 2.45) is 0 Å². The molecule has 0 aliphatic rings.